The number of nitrogens with two attached hydrogens (primary N) is 2. The zero-order valence-corrected chi connectivity index (χ0v) is 23.1. The van der Waals surface area contributed by atoms with Crippen LogP contribution in [0, 0.1) is 0 Å². The standard InChI is InChI=1S/C29H37N7O2S/c1-32-17-16-22-10-7-11-23(18-22)20-27(38)34-29-36-35-28(39-29)13-6-5-12-24(30)14-15-25(31)33-26(37)19-21-8-3-2-4-9-21/h2-4,7-11,14-15,18,32H,5-6,12-13,16-17,19-20,30-31H2,1H3,(H,33,37)(H,34,36,38)/b24-14-,25-15+. The maximum atomic E-state index is 12.5. The zero-order valence-electron chi connectivity index (χ0n) is 22.3. The van der Waals surface area contributed by atoms with Gasteiger partial charge in [-0.2, -0.15) is 0 Å². The molecule has 2 aromatic carbocycles. The Balaban J connectivity index is 1.34. The summed E-state index contributed by atoms with van der Waals surface area (Å²) in [5.41, 5.74) is 15.8. The van der Waals surface area contributed by atoms with Gasteiger partial charge < -0.3 is 27.4 Å². The number of aromatic nitrogens is 2. The summed E-state index contributed by atoms with van der Waals surface area (Å²) >= 11 is 1.39. The molecule has 1 heterocycles. The summed E-state index contributed by atoms with van der Waals surface area (Å²) in [5.74, 6) is -0.0299. The number of carbonyl (C=O) groups excluding carboxylic acids is 2. The number of nitrogens with zero attached hydrogens (tertiary/aromatic N) is 2. The number of aryl methyl sites for hydroxylation is 1. The summed E-state index contributed by atoms with van der Waals surface area (Å²) in [5, 5.41) is 18.3. The van der Waals surface area contributed by atoms with E-state index in [0.29, 0.717) is 23.7 Å². The summed E-state index contributed by atoms with van der Waals surface area (Å²) in [6.07, 6.45) is 7.99. The van der Waals surface area contributed by atoms with Crippen LogP contribution >= 0.6 is 11.3 Å². The molecule has 7 N–H and O–H groups in total. The van der Waals surface area contributed by atoms with Crippen molar-refractivity contribution in [3.63, 3.8) is 0 Å². The molecule has 0 aliphatic rings. The van der Waals surface area contributed by atoms with E-state index in [-0.39, 0.29) is 24.1 Å². The third-order valence-electron chi connectivity index (χ3n) is 5.81. The van der Waals surface area contributed by atoms with E-state index in [2.05, 4.69) is 38.3 Å². The summed E-state index contributed by atoms with van der Waals surface area (Å²) in [4.78, 5) is 24.5. The number of carbonyl (C=O) groups is 2. The average molecular weight is 548 g/mol. The number of hydrogen-bond donors (Lipinski definition) is 5. The van der Waals surface area contributed by atoms with E-state index in [1.54, 1.807) is 12.2 Å². The first kappa shape index (κ1) is 29.5. The average Bonchev–Trinajstić information content (AvgIpc) is 3.36. The Bertz CT molecular complexity index is 1270. The Kier molecular flexibility index (Phi) is 12.2. The largest absolute Gasteiger partial charge is 0.402 e. The number of rotatable bonds is 15. The monoisotopic (exact) mass is 547 g/mol. The molecule has 0 aliphatic heterocycles. The smallest absolute Gasteiger partial charge is 0.230 e. The number of likely N-dealkylation sites (N-methyl/N-ethyl adjacent to an activating group) is 1. The second kappa shape index (κ2) is 16.1. The minimum absolute atomic E-state index is 0.107. The van der Waals surface area contributed by atoms with Crippen molar-refractivity contribution in [3.05, 3.63) is 100.0 Å². The van der Waals surface area contributed by atoms with Gasteiger partial charge in [-0.25, -0.2) is 0 Å². The molecular formula is C29H37N7O2S. The van der Waals surface area contributed by atoms with Crippen molar-refractivity contribution in [2.75, 3.05) is 18.9 Å². The van der Waals surface area contributed by atoms with Crippen molar-refractivity contribution < 1.29 is 9.59 Å². The van der Waals surface area contributed by atoms with Gasteiger partial charge in [-0.05, 0) is 68.1 Å². The molecule has 0 radical (unpaired) electrons. The summed E-state index contributed by atoms with van der Waals surface area (Å²) in [7, 11) is 1.92. The highest BCUT2D eigenvalue weighted by Gasteiger charge is 2.10. The van der Waals surface area contributed by atoms with Crippen LogP contribution in [0.15, 0.2) is 78.3 Å². The number of allylic oxidation sites excluding steroid dienone is 3. The Hall–Kier alpha value is -4.02. The second-order valence-electron chi connectivity index (χ2n) is 9.18. The van der Waals surface area contributed by atoms with Crippen molar-refractivity contribution in [1.82, 2.24) is 20.8 Å². The molecular weight excluding hydrogens is 510 g/mol. The van der Waals surface area contributed by atoms with Gasteiger partial charge in [0.25, 0.3) is 0 Å². The maximum Gasteiger partial charge on any atom is 0.230 e. The Morgan fingerprint density at radius 1 is 0.872 bits per heavy atom. The van der Waals surface area contributed by atoms with Crippen LogP contribution < -0.4 is 27.4 Å². The number of unbranched alkanes of at least 4 members (excludes halogenated alkanes) is 1. The third-order valence-corrected chi connectivity index (χ3v) is 6.71. The molecule has 0 aliphatic carbocycles. The Morgan fingerprint density at radius 3 is 2.41 bits per heavy atom. The van der Waals surface area contributed by atoms with Crippen LogP contribution in [0.1, 0.15) is 41.0 Å². The first-order valence-electron chi connectivity index (χ1n) is 13.0. The van der Waals surface area contributed by atoms with Crippen LogP contribution in [0.2, 0.25) is 0 Å². The van der Waals surface area contributed by atoms with Crippen molar-refractivity contribution in [1.29, 1.82) is 0 Å². The van der Waals surface area contributed by atoms with Crippen LogP contribution in [0.25, 0.3) is 0 Å². The number of hydrogen-bond acceptors (Lipinski definition) is 8. The number of nitrogens with one attached hydrogen (secondary N) is 3. The molecule has 39 heavy (non-hydrogen) atoms. The molecule has 0 saturated carbocycles. The van der Waals surface area contributed by atoms with Gasteiger partial charge in [0.05, 0.1) is 12.8 Å². The molecule has 2 amide bonds. The van der Waals surface area contributed by atoms with Crippen LogP contribution in [0.3, 0.4) is 0 Å². The zero-order chi connectivity index (χ0) is 27.9. The molecule has 0 bridgehead atoms. The minimum atomic E-state index is -0.177. The maximum absolute atomic E-state index is 12.5. The quantitative estimate of drug-likeness (QED) is 0.145. The minimum Gasteiger partial charge on any atom is -0.402 e. The number of benzene rings is 2. The molecule has 0 unspecified atom stereocenters. The lowest BCUT2D eigenvalue weighted by molar-refractivity contribution is -0.119. The van der Waals surface area contributed by atoms with Gasteiger partial charge >= 0.3 is 0 Å². The first-order chi connectivity index (χ1) is 18.9. The third kappa shape index (κ3) is 11.5. The van der Waals surface area contributed by atoms with Crippen LogP contribution in [0.5, 0.6) is 0 Å². The fourth-order valence-electron chi connectivity index (χ4n) is 3.83. The van der Waals surface area contributed by atoms with Gasteiger partial charge in [0.2, 0.25) is 16.9 Å². The molecule has 10 heteroatoms. The fraction of sp³-hybridized carbons (Fsp3) is 0.310. The molecule has 0 spiro atoms. The molecule has 1 aromatic heterocycles. The summed E-state index contributed by atoms with van der Waals surface area (Å²) in [6, 6.07) is 17.5. The van der Waals surface area contributed by atoms with Crippen molar-refractivity contribution >= 4 is 28.3 Å². The van der Waals surface area contributed by atoms with E-state index in [1.165, 1.54) is 16.9 Å². The van der Waals surface area contributed by atoms with Gasteiger partial charge in [-0.3, -0.25) is 9.59 Å². The lowest BCUT2D eigenvalue weighted by Crippen LogP contribution is -2.28. The molecule has 3 aromatic rings. The van der Waals surface area contributed by atoms with Crippen molar-refractivity contribution in [2.45, 2.75) is 44.9 Å². The van der Waals surface area contributed by atoms with E-state index in [1.807, 2.05) is 49.5 Å². The van der Waals surface area contributed by atoms with E-state index >= 15 is 0 Å². The van der Waals surface area contributed by atoms with E-state index < -0.39 is 0 Å². The molecule has 3 rings (SSSR count). The van der Waals surface area contributed by atoms with Crippen LogP contribution in [0.4, 0.5) is 5.13 Å². The molecule has 0 saturated heterocycles. The highest BCUT2D eigenvalue weighted by Crippen LogP contribution is 2.18. The predicted octanol–water partition coefficient (Wildman–Crippen LogP) is 3.20. The summed E-state index contributed by atoms with van der Waals surface area (Å²) < 4.78 is 0. The Labute approximate surface area is 233 Å². The topological polar surface area (TPSA) is 148 Å². The van der Waals surface area contributed by atoms with E-state index in [0.717, 1.165) is 48.4 Å². The van der Waals surface area contributed by atoms with Crippen LogP contribution in [-0.2, 0) is 35.3 Å². The van der Waals surface area contributed by atoms with Crippen molar-refractivity contribution in [3.8, 4) is 0 Å². The SMILES string of the molecule is CNCCc1cccc(CC(=O)Nc2nnc(CCCC/C(N)=C/C=C(\N)NC(=O)Cc3ccccc3)s2)c1. The number of anilines is 1. The molecule has 206 valence electrons. The molecule has 0 fully saturated rings. The first-order valence-corrected chi connectivity index (χ1v) is 13.8. The van der Waals surface area contributed by atoms with Gasteiger partial charge in [0.15, 0.2) is 0 Å². The normalized spacial score (nSPS) is 11.8. The number of amides is 2. The van der Waals surface area contributed by atoms with Gasteiger partial charge in [0.1, 0.15) is 10.8 Å². The molecule has 0 atom stereocenters. The fourth-order valence-corrected chi connectivity index (χ4v) is 4.63. The highest BCUT2D eigenvalue weighted by molar-refractivity contribution is 7.15. The summed E-state index contributed by atoms with van der Waals surface area (Å²) in [6.45, 7) is 0.896. The van der Waals surface area contributed by atoms with E-state index in [9.17, 15) is 9.59 Å². The van der Waals surface area contributed by atoms with Gasteiger partial charge in [0, 0.05) is 12.1 Å². The lowest BCUT2D eigenvalue weighted by Gasteiger charge is -2.05. The molecule has 9 nitrogen and oxygen atoms in total. The Morgan fingerprint density at radius 2 is 1.62 bits per heavy atom. The van der Waals surface area contributed by atoms with Crippen molar-refractivity contribution in [2.24, 2.45) is 11.5 Å². The van der Waals surface area contributed by atoms with E-state index in [4.69, 9.17) is 11.5 Å². The van der Waals surface area contributed by atoms with Crippen LogP contribution in [-0.4, -0.2) is 35.6 Å². The lowest BCUT2D eigenvalue weighted by atomic mass is 10.1. The van der Waals surface area contributed by atoms with Gasteiger partial charge in [-0.15, -0.1) is 10.2 Å². The predicted molar refractivity (Wildman–Crippen MR) is 157 cm³/mol. The van der Waals surface area contributed by atoms with Gasteiger partial charge in [-0.1, -0.05) is 65.9 Å². The highest BCUT2D eigenvalue weighted by atomic mass is 32.1. The second-order valence-corrected chi connectivity index (χ2v) is 10.2.